The van der Waals surface area contributed by atoms with Gasteiger partial charge >= 0.3 is 0 Å². The van der Waals surface area contributed by atoms with E-state index in [1.807, 2.05) is 24.3 Å². The molecule has 0 aliphatic heterocycles. The maximum Gasteiger partial charge on any atom is 0.270 e. The molecular weight excluding hydrogens is 413 g/mol. The molecule has 6 nitrogen and oxygen atoms in total. The van der Waals surface area contributed by atoms with Crippen LogP contribution in [-0.4, -0.2) is 21.8 Å². The molecule has 8 heteroatoms. The second-order valence-corrected chi connectivity index (χ2v) is 7.04. The monoisotopic (exact) mass is 425 g/mol. The first-order valence-corrected chi connectivity index (χ1v) is 9.21. The molecule has 2 aromatic carbocycles. The Morgan fingerprint density at radius 3 is 2.48 bits per heavy atom. The molecule has 0 spiro atoms. The highest BCUT2D eigenvalue weighted by Crippen LogP contribution is 2.35. The summed E-state index contributed by atoms with van der Waals surface area (Å²) in [4.78, 5) is 14.5. The van der Waals surface area contributed by atoms with Crippen LogP contribution >= 0.6 is 23.2 Å². The molecule has 0 aliphatic rings. The average molecular weight is 426 g/mol. The molecule has 144 valence electrons. The van der Waals surface area contributed by atoms with Crippen molar-refractivity contribution < 1.29 is 9.84 Å². The molecule has 4 rings (SSSR count). The highest BCUT2D eigenvalue weighted by atomic mass is 35.5. The number of methoxy groups -OCH3 is 1. The van der Waals surface area contributed by atoms with Gasteiger partial charge in [0, 0.05) is 11.3 Å². The SMILES string of the molecule is COc1ccc(-c2ccc(-n3c(Cl)cc4[nH]c(=O)c(C#N)c(O)c43)cc2)c(Cl)c1. The Morgan fingerprint density at radius 1 is 1.14 bits per heavy atom. The molecule has 0 unspecified atom stereocenters. The number of H-pyrrole nitrogens is 1. The molecule has 0 aliphatic carbocycles. The Kier molecular flexibility index (Phi) is 4.71. The van der Waals surface area contributed by atoms with Crippen molar-refractivity contribution in [3.8, 4) is 34.4 Å². The van der Waals surface area contributed by atoms with Crippen LogP contribution in [0.1, 0.15) is 5.56 Å². The summed E-state index contributed by atoms with van der Waals surface area (Å²) in [7, 11) is 1.58. The number of aromatic hydroxyl groups is 1. The summed E-state index contributed by atoms with van der Waals surface area (Å²) >= 11 is 12.7. The van der Waals surface area contributed by atoms with Gasteiger partial charge in [0.15, 0.2) is 11.3 Å². The number of aromatic amines is 1. The maximum absolute atomic E-state index is 11.9. The molecule has 2 N–H and O–H groups in total. The third-order valence-electron chi connectivity index (χ3n) is 4.62. The van der Waals surface area contributed by atoms with Gasteiger partial charge in [-0.1, -0.05) is 35.3 Å². The van der Waals surface area contributed by atoms with E-state index in [9.17, 15) is 9.90 Å². The van der Waals surface area contributed by atoms with Crippen molar-refractivity contribution >= 4 is 34.2 Å². The Morgan fingerprint density at radius 2 is 1.86 bits per heavy atom. The zero-order chi connectivity index (χ0) is 20.7. The largest absolute Gasteiger partial charge is 0.504 e. The van der Waals surface area contributed by atoms with Crippen molar-refractivity contribution in [2.75, 3.05) is 7.11 Å². The van der Waals surface area contributed by atoms with Gasteiger partial charge in [-0.25, -0.2) is 0 Å². The summed E-state index contributed by atoms with van der Waals surface area (Å²) < 4.78 is 6.73. The van der Waals surface area contributed by atoms with Gasteiger partial charge < -0.3 is 14.8 Å². The van der Waals surface area contributed by atoms with E-state index in [1.54, 1.807) is 35.9 Å². The number of halogens is 2. The predicted molar refractivity (Wildman–Crippen MR) is 112 cm³/mol. The Labute approximate surface area is 175 Å². The number of ether oxygens (including phenoxy) is 1. The van der Waals surface area contributed by atoms with E-state index in [4.69, 9.17) is 33.2 Å². The molecule has 0 saturated carbocycles. The van der Waals surface area contributed by atoms with E-state index in [0.29, 0.717) is 22.0 Å². The predicted octanol–water partition coefficient (Wildman–Crippen LogP) is 4.88. The van der Waals surface area contributed by atoms with Gasteiger partial charge in [0.2, 0.25) is 0 Å². The van der Waals surface area contributed by atoms with Crippen LogP contribution in [0.15, 0.2) is 53.3 Å². The van der Waals surface area contributed by atoms with Crippen molar-refractivity contribution in [2.24, 2.45) is 0 Å². The molecule has 2 aromatic heterocycles. The van der Waals surface area contributed by atoms with E-state index in [2.05, 4.69) is 4.98 Å². The standard InChI is InChI=1S/C21H13Cl2N3O3/c1-29-13-6-7-14(16(22)8-13)11-2-4-12(5-3-11)26-18(23)9-17-19(26)20(27)15(10-24)21(28)25-17/h2-9H,1H3,(H2,25,27,28). The topological polar surface area (TPSA) is 91.0 Å². The Bertz CT molecular complexity index is 1350. The summed E-state index contributed by atoms with van der Waals surface area (Å²) in [6.07, 6.45) is 0. The third kappa shape index (κ3) is 3.11. The number of benzene rings is 2. The van der Waals surface area contributed by atoms with Gasteiger partial charge in [-0.05, 0) is 42.0 Å². The average Bonchev–Trinajstić information content (AvgIpc) is 3.04. The molecule has 0 atom stereocenters. The molecular formula is C21H13Cl2N3O3. The van der Waals surface area contributed by atoms with E-state index in [0.717, 1.165) is 11.1 Å². The normalized spacial score (nSPS) is 10.8. The fraction of sp³-hybridized carbons (Fsp3) is 0.0476. The van der Waals surface area contributed by atoms with E-state index < -0.39 is 11.3 Å². The van der Waals surface area contributed by atoms with Gasteiger partial charge in [-0.15, -0.1) is 0 Å². The Balaban J connectivity index is 1.85. The number of hydrogen-bond acceptors (Lipinski definition) is 4. The second-order valence-electron chi connectivity index (χ2n) is 6.25. The first kappa shape index (κ1) is 18.9. The van der Waals surface area contributed by atoms with Crippen molar-refractivity contribution in [3.05, 3.63) is 74.6 Å². The molecule has 4 aromatic rings. The lowest BCUT2D eigenvalue weighted by molar-refractivity contribution is 0.415. The Hall–Kier alpha value is -3.40. The minimum Gasteiger partial charge on any atom is -0.504 e. The van der Waals surface area contributed by atoms with Crippen LogP contribution in [0, 0.1) is 11.3 Å². The van der Waals surface area contributed by atoms with Crippen LogP contribution in [0.3, 0.4) is 0 Å². The zero-order valence-corrected chi connectivity index (χ0v) is 16.5. The number of hydrogen-bond donors (Lipinski definition) is 2. The fourth-order valence-corrected chi connectivity index (χ4v) is 3.79. The number of aromatic nitrogens is 2. The number of nitrogens with one attached hydrogen (secondary N) is 1. The summed E-state index contributed by atoms with van der Waals surface area (Å²) in [5, 5.41) is 20.4. The fourth-order valence-electron chi connectivity index (χ4n) is 3.22. The van der Waals surface area contributed by atoms with E-state index in [-0.39, 0.29) is 16.2 Å². The quantitative estimate of drug-likeness (QED) is 0.489. The van der Waals surface area contributed by atoms with Gasteiger partial charge in [-0.3, -0.25) is 9.36 Å². The lowest BCUT2D eigenvalue weighted by Gasteiger charge is -2.11. The minimum atomic E-state index is -0.671. The number of nitrogens with zero attached hydrogens (tertiary/aromatic N) is 2. The van der Waals surface area contributed by atoms with Crippen LogP contribution in [0.2, 0.25) is 10.2 Å². The van der Waals surface area contributed by atoms with Crippen molar-refractivity contribution in [3.63, 3.8) is 0 Å². The van der Waals surface area contributed by atoms with Crippen LogP contribution in [0.4, 0.5) is 0 Å². The molecule has 2 heterocycles. The van der Waals surface area contributed by atoms with E-state index >= 15 is 0 Å². The summed E-state index contributed by atoms with van der Waals surface area (Å²) in [6, 6.07) is 16.0. The van der Waals surface area contributed by atoms with E-state index in [1.165, 1.54) is 6.07 Å². The van der Waals surface area contributed by atoms with Crippen molar-refractivity contribution in [2.45, 2.75) is 0 Å². The van der Waals surface area contributed by atoms with Crippen LogP contribution < -0.4 is 10.3 Å². The highest BCUT2D eigenvalue weighted by molar-refractivity contribution is 6.33. The number of pyridine rings is 1. The van der Waals surface area contributed by atoms with Gasteiger partial charge in [-0.2, -0.15) is 5.26 Å². The molecule has 0 radical (unpaired) electrons. The van der Waals surface area contributed by atoms with Gasteiger partial charge in [0.05, 0.1) is 17.6 Å². The molecule has 0 saturated heterocycles. The highest BCUT2D eigenvalue weighted by Gasteiger charge is 2.19. The van der Waals surface area contributed by atoms with Crippen molar-refractivity contribution in [1.29, 1.82) is 5.26 Å². The summed E-state index contributed by atoms with van der Waals surface area (Å²) in [5.74, 6) is 0.249. The lowest BCUT2D eigenvalue weighted by Crippen LogP contribution is -2.10. The number of rotatable bonds is 3. The van der Waals surface area contributed by atoms with Gasteiger partial charge in [0.25, 0.3) is 5.56 Å². The maximum atomic E-state index is 11.9. The molecule has 0 bridgehead atoms. The number of fused-ring (bicyclic) bond motifs is 1. The number of nitriles is 1. The molecule has 29 heavy (non-hydrogen) atoms. The van der Waals surface area contributed by atoms with Crippen LogP contribution in [0.5, 0.6) is 11.5 Å². The zero-order valence-electron chi connectivity index (χ0n) is 15.0. The molecule has 0 fully saturated rings. The lowest BCUT2D eigenvalue weighted by atomic mass is 10.0. The van der Waals surface area contributed by atoms with Crippen LogP contribution in [-0.2, 0) is 0 Å². The van der Waals surface area contributed by atoms with Gasteiger partial charge in [0.1, 0.15) is 22.5 Å². The summed E-state index contributed by atoms with van der Waals surface area (Å²) in [6.45, 7) is 0. The van der Waals surface area contributed by atoms with Crippen LogP contribution in [0.25, 0.3) is 27.8 Å². The smallest absolute Gasteiger partial charge is 0.270 e. The van der Waals surface area contributed by atoms with Crippen molar-refractivity contribution in [1.82, 2.24) is 9.55 Å². The molecule has 0 amide bonds. The first-order valence-electron chi connectivity index (χ1n) is 8.45. The first-order chi connectivity index (χ1) is 13.9. The minimum absolute atomic E-state index is 0.251. The second kappa shape index (κ2) is 7.21. The third-order valence-corrected chi connectivity index (χ3v) is 5.21. The summed E-state index contributed by atoms with van der Waals surface area (Å²) in [5.41, 5.74) is 1.90.